The zero-order chi connectivity index (χ0) is 27.6. The van der Waals surface area contributed by atoms with Crippen LogP contribution in [0.4, 0.5) is 18.9 Å². The summed E-state index contributed by atoms with van der Waals surface area (Å²) in [5, 5.41) is 21.2. The van der Waals surface area contributed by atoms with E-state index in [9.17, 15) is 23.2 Å². The number of alkyl halides is 3. The molecule has 2 heterocycles. The molecule has 2 fully saturated rings. The fourth-order valence-corrected chi connectivity index (χ4v) is 6.34. The van der Waals surface area contributed by atoms with Gasteiger partial charge in [0.15, 0.2) is 0 Å². The number of benzene rings is 2. The molecule has 3 aliphatic rings. The van der Waals surface area contributed by atoms with Gasteiger partial charge in [-0.25, -0.2) is 0 Å². The Balaban J connectivity index is 1.34. The van der Waals surface area contributed by atoms with Crippen molar-refractivity contribution in [1.29, 1.82) is 5.26 Å². The summed E-state index contributed by atoms with van der Waals surface area (Å²) in [4.78, 5) is 15.0. The predicted octanol–water partition coefficient (Wildman–Crippen LogP) is 5.25. The zero-order valence-electron chi connectivity index (χ0n) is 21.8. The topological polar surface area (TPSA) is 86.8 Å². The number of carbonyl (C=O) groups excluding carboxylic acids is 1. The van der Waals surface area contributed by atoms with Gasteiger partial charge in [-0.2, -0.15) is 18.4 Å². The van der Waals surface area contributed by atoms with Gasteiger partial charge < -0.3 is 14.8 Å². The third kappa shape index (κ3) is 4.20. The van der Waals surface area contributed by atoms with Crippen molar-refractivity contribution in [3.8, 4) is 6.07 Å². The number of aryl methyl sites for hydroxylation is 1. The molecule has 0 saturated heterocycles. The van der Waals surface area contributed by atoms with Crippen LogP contribution in [0.25, 0.3) is 0 Å². The summed E-state index contributed by atoms with van der Waals surface area (Å²) in [5.74, 6) is 0.144. The number of amides is 1. The zero-order valence-corrected chi connectivity index (χ0v) is 21.8. The van der Waals surface area contributed by atoms with Gasteiger partial charge >= 0.3 is 6.18 Å². The minimum absolute atomic E-state index is 0.00714. The summed E-state index contributed by atoms with van der Waals surface area (Å²) >= 11 is 0. The maximum Gasteiger partial charge on any atom is 0.416 e. The van der Waals surface area contributed by atoms with E-state index in [4.69, 9.17) is 0 Å². The van der Waals surface area contributed by atoms with Gasteiger partial charge in [0.2, 0.25) is 0 Å². The number of nitrogens with one attached hydrogen (secondary N) is 1. The standard InChI is InChI=1S/C29H29F3N6O/c1-27(7-4-8-27)34-15-18-9-22-23(24(10-18)29(30,31)32)16-38(25(22)39)21-6-3-5-20(11-21)28(12-19(13-28)14-33)26-36-35-17-37(26)2/h3,5-6,9-11,17,19,34H,4,7-8,12-13,15-16H2,1-2H3. The Morgan fingerprint density at radius 2 is 1.97 bits per heavy atom. The molecule has 0 bridgehead atoms. The van der Waals surface area contributed by atoms with Gasteiger partial charge in [0.25, 0.3) is 5.91 Å². The highest BCUT2D eigenvalue weighted by molar-refractivity contribution is 6.10. The molecular weight excluding hydrogens is 505 g/mol. The molecule has 1 amide bonds. The molecule has 6 rings (SSSR count). The first-order valence-corrected chi connectivity index (χ1v) is 13.2. The molecule has 39 heavy (non-hydrogen) atoms. The Morgan fingerprint density at radius 1 is 1.21 bits per heavy atom. The molecule has 0 radical (unpaired) electrons. The third-order valence-electron chi connectivity index (χ3n) is 8.81. The summed E-state index contributed by atoms with van der Waals surface area (Å²) in [6, 6.07) is 12.4. The smallest absolute Gasteiger partial charge is 0.320 e. The lowest BCUT2D eigenvalue weighted by Crippen LogP contribution is -2.47. The van der Waals surface area contributed by atoms with Crippen molar-refractivity contribution >= 4 is 11.6 Å². The Kier molecular flexibility index (Phi) is 5.84. The molecule has 0 atom stereocenters. The summed E-state index contributed by atoms with van der Waals surface area (Å²) in [6.07, 6.45) is 1.21. The van der Waals surface area contributed by atoms with E-state index in [1.807, 2.05) is 23.7 Å². The van der Waals surface area contributed by atoms with Crippen molar-refractivity contribution in [3.05, 3.63) is 76.4 Å². The van der Waals surface area contributed by atoms with Crippen molar-refractivity contribution in [2.45, 2.75) is 69.2 Å². The molecule has 1 aromatic heterocycles. The molecule has 2 aromatic carbocycles. The number of nitrogens with zero attached hydrogens (tertiary/aromatic N) is 5. The third-order valence-corrected chi connectivity index (χ3v) is 8.81. The number of hydrogen-bond donors (Lipinski definition) is 1. The molecule has 202 valence electrons. The molecule has 0 unspecified atom stereocenters. The molecule has 2 aliphatic carbocycles. The van der Waals surface area contributed by atoms with E-state index in [2.05, 4.69) is 28.5 Å². The molecule has 3 aromatic rings. The first kappa shape index (κ1) is 25.6. The van der Waals surface area contributed by atoms with E-state index in [0.717, 1.165) is 30.7 Å². The van der Waals surface area contributed by atoms with Crippen molar-refractivity contribution < 1.29 is 18.0 Å². The number of hydrogen-bond acceptors (Lipinski definition) is 5. The second-order valence-corrected chi connectivity index (χ2v) is 11.5. The minimum atomic E-state index is -4.58. The number of nitriles is 1. The van der Waals surface area contributed by atoms with E-state index in [1.54, 1.807) is 24.5 Å². The Morgan fingerprint density at radius 3 is 2.59 bits per heavy atom. The van der Waals surface area contributed by atoms with Gasteiger partial charge in [-0.3, -0.25) is 4.79 Å². The fraction of sp³-hybridized carbons (Fsp3) is 0.448. The van der Waals surface area contributed by atoms with Crippen LogP contribution in [0.2, 0.25) is 0 Å². The van der Waals surface area contributed by atoms with Gasteiger partial charge in [-0.05, 0) is 80.0 Å². The molecule has 10 heteroatoms. The lowest BCUT2D eigenvalue weighted by atomic mass is 9.58. The van der Waals surface area contributed by atoms with E-state index < -0.39 is 23.1 Å². The number of anilines is 1. The van der Waals surface area contributed by atoms with Crippen LogP contribution in [0.15, 0.2) is 42.7 Å². The number of halogens is 3. The van der Waals surface area contributed by atoms with Crippen LogP contribution in [0.5, 0.6) is 0 Å². The first-order valence-electron chi connectivity index (χ1n) is 13.2. The Bertz CT molecular complexity index is 1490. The van der Waals surface area contributed by atoms with E-state index in [-0.39, 0.29) is 35.7 Å². The number of rotatable bonds is 6. The summed E-state index contributed by atoms with van der Waals surface area (Å²) in [5.41, 5.74) is 0.565. The van der Waals surface area contributed by atoms with Crippen LogP contribution in [-0.2, 0) is 31.7 Å². The molecule has 1 N–H and O–H groups in total. The maximum atomic E-state index is 14.2. The fourth-order valence-electron chi connectivity index (χ4n) is 6.34. The van der Waals surface area contributed by atoms with Gasteiger partial charge in [-0.1, -0.05) is 12.1 Å². The van der Waals surface area contributed by atoms with Crippen molar-refractivity contribution in [2.24, 2.45) is 13.0 Å². The highest BCUT2D eigenvalue weighted by Gasteiger charge is 2.50. The lowest BCUT2D eigenvalue weighted by molar-refractivity contribution is -0.138. The second kappa shape index (κ2) is 8.91. The van der Waals surface area contributed by atoms with Crippen LogP contribution in [0, 0.1) is 17.2 Å². The quantitative estimate of drug-likeness (QED) is 0.467. The van der Waals surface area contributed by atoms with Crippen molar-refractivity contribution in [2.75, 3.05) is 4.90 Å². The SMILES string of the molecule is Cn1cnnc1C1(c2cccc(N3Cc4c(cc(CNC5(C)CCC5)cc4C(F)(F)F)C3=O)c2)CC(C#N)C1. The van der Waals surface area contributed by atoms with E-state index in [0.29, 0.717) is 24.1 Å². The van der Waals surface area contributed by atoms with Gasteiger partial charge in [0.05, 0.1) is 23.6 Å². The Hall–Kier alpha value is -3.71. The molecule has 0 spiro atoms. The average Bonchev–Trinajstić information content (AvgIpc) is 3.44. The first-order chi connectivity index (χ1) is 18.5. The molecule has 1 aliphatic heterocycles. The maximum absolute atomic E-state index is 14.2. The highest BCUT2D eigenvalue weighted by atomic mass is 19.4. The largest absolute Gasteiger partial charge is 0.416 e. The normalized spacial score (nSPS) is 23.6. The summed E-state index contributed by atoms with van der Waals surface area (Å²) < 4.78 is 44.4. The van der Waals surface area contributed by atoms with Crippen molar-refractivity contribution in [3.63, 3.8) is 0 Å². The summed E-state index contributed by atoms with van der Waals surface area (Å²) in [7, 11) is 1.84. The van der Waals surface area contributed by atoms with Gasteiger partial charge in [0.1, 0.15) is 12.2 Å². The average molecular weight is 535 g/mol. The van der Waals surface area contributed by atoms with Crippen LogP contribution in [-0.4, -0.2) is 26.2 Å². The van der Waals surface area contributed by atoms with Crippen molar-refractivity contribution in [1.82, 2.24) is 20.1 Å². The number of fused-ring (bicyclic) bond motifs is 1. The highest BCUT2D eigenvalue weighted by Crippen LogP contribution is 2.52. The van der Waals surface area contributed by atoms with Crippen LogP contribution in [0.1, 0.15) is 77.5 Å². The minimum Gasteiger partial charge on any atom is -0.320 e. The van der Waals surface area contributed by atoms with Gasteiger partial charge in [-0.15, -0.1) is 10.2 Å². The van der Waals surface area contributed by atoms with E-state index in [1.165, 1.54) is 11.0 Å². The van der Waals surface area contributed by atoms with Gasteiger partial charge in [0, 0.05) is 36.3 Å². The number of aromatic nitrogens is 3. The lowest BCUT2D eigenvalue weighted by Gasteiger charge is -2.44. The van der Waals surface area contributed by atoms with Crippen LogP contribution >= 0.6 is 0 Å². The Labute approximate surface area is 224 Å². The van der Waals surface area contributed by atoms with Crippen LogP contribution < -0.4 is 10.2 Å². The monoisotopic (exact) mass is 534 g/mol. The molecule has 2 saturated carbocycles. The summed E-state index contributed by atoms with van der Waals surface area (Å²) in [6.45, 7) is 2.19. The number of carbonyl (C=O) groups is 1. The predicted molar refractivity (Wildman–Crippen MR) is 138 cm³/mol. The molecular formula is C29H29F3N6O. The molecule has 7 nitrogen and oxygen atoms in total. The van der Waals surface area contributed by atoms with E-state index >= 15 is 0 Å². The second-order valence-electron chi connectivity index (χ2n) is 11.5. The van der Waals surface area contributed by atoms with Crippen LogP contribution in [0.3, 0.4) is 0 Å².